The minimum atomic E-state index is -1.03. The molecule has 1 amide bonds. The number of thiazole rings is 1. The van der Waals surface area contributed by atoms with Gasteiger partial charge in [-0.25, -0.2) is 9.78 Å². The van der Waals surface area contributed by atoms with Gasteiger partial charge in [-0.05, 0) is 30.9 Å². The predicted octanol–water partition coefficient (Wildman–Crippen LogP) is 2.69. The minimum absolute atomic E-state index is 0.0287. The van der Waals surface area contributed by atoms with E-state index in [1.54, 1.807) is 0 Å². The summed E-state index contributed by atoms with van der Waals surface area (Å²) in [6, 6.07) is 7.65. The molecular formula is C18H18N2O4S. The normalized spacial score (nSPS) is 24.4. The van der Waals surface area contributed by atoms with Crippen LogP contribution in [0.25, 0.3) is 10.6 Å². The molecule has 0 spiro atoms. The number of hydrogen-bond acceptors (Lipinski definition) is 5. The van der Waals surface area contributed by atoms with Crippen molar-refractivity contribution in [1.29, 1.82) is 0 Å². The highest BCUT2D eigenvalue weighted by Crippen LogP contribution is 2.38. The first-order valence-corrected chi connectivity index (χ1v) is 9.19. The smallest absolute Gasteiger partial charge is 0.355 e. The number of carbonyl (C=O) groups excluding carboxylic acids is 1. The first-order chi connectivity index (χ1) is 12.1. The molecule has 2 saturated heterocycles. The van der Waals surface area contributed by atoms with Gasteiger partial charge in [0.05, 0.1) is 18.1 Å². The molecule has 2 aliphatic rings. The number of fused-ring (bicyclic) bond motifs is 2. The van der Waals surface area contributed by atoms with Crippen molar-refractivity contribution in [3.05, 3.63) is 40.9 Å². The number of carbonyl (C=O) groups is 2. The third-order valence-corrected chi connectivity index (χ3v) is 5.70. The van der Waals surface area contributed by atoms with Crippen LogP contribution >= 0.6 is 11.3 Å². The van der Waals surface area contributed by atoms with Gasteiger partial charge in [-0.1, -0.05) is 18.2 Å². The Balaban J connectivity index is 1.41. The van der Waals surface area contributed by atoms with Crippen LogP contribution in [0.5, 0.6) is 0 Å². The van der Waals surface area contributed by atoms with Crippen molar-refractivity contribution >= 4 is 23.2 Å². The molecule has 6 nitrogen and oxygen atoms in total. The second-order valence-electron chi connectivity index (χ2n) is 6.48. The van der Waals surface area contributed by atoms with Crippen molar-refractivity contribution in [3.63, 3.8) is 0 Å². The Hall–Kier alpha value is -2.25. The van der Waals surface area contributed by atoms with Crippen LogP contribution < -0.4 is 5.32 Å². The van der Waals surface area contributed by atoms with E-state index in [0.717, 1.165) is 30.4 Å². The van der Waals surface area contributed by atoms with E-state index < -0.39 is 5.97 Å². The fourth-order valence-corrected chi connectivity index (χ4v) is 4.34. The van der Waals surface area contributed by atoms with Gasteiger partial charge in [0.2, 0.25) is 5.91 Å². The number of carboxylic acid groups (broad SMARTS) is 1. The lowest BCUT2D eigenvalue weighted by Crippen LogP contribution is -2.35. The molecule has 2 fully saturated rings. The molecule has 0 aliphatic carbocycles. The van der Waals surface area contributed by atoms with E-state index in [-0.39, 0.29) is 29.7 Å². The highest BCUT2D eigenvalue weighted by Gasteiger charge is 2.44. The Kier molecular flexibility index (Phi) is 4.27. The number of carboxylic acids is 1. The topological polar surface area (TPSA) is 88.5 Å². The molecule has 2 aromatic rings. The van der Waals surface area contributed by atoms with Crippen molar-refractivity contribution in [3.8, 4) is 10.6 Å². The lowest BCUT2D eigenvalue weighted by Gasteiger charge is -2.18. The summed E-state index contributed by atoms with van der Waals surface area (Å²) in [5.41, 5.74) is 1.87. The van der Waals surface area contributed by atoms with Gasteiger partial charge in [0.1, 0.15) is 5.01 Å². The molecule has 3 heterocycles. The van der Waals surface area contributed by atoms with Gasteiger partial charge in [0, 0.05) is 17.5 Å². The van der Waals surface area contributed by atoms with E-state index >= 15 is 0 Å². The summed E-state index contributed by atoms with van der Waals surface area (Å²) in [4.78, 5) is 27.5. The molecule has 1 aromatic heterocycles. The minimum Gasteiger partial charge on any atom is -0.476 e. The van der Waals surface area contributed by atoms with E-state index in [4.69, 9.17) is 9.84 Å². The van der Waals surface area contributed by atoms with E-state index in [1.807, 2.05) is 24.3 Å². The van der Waals surface area contributed by atoms with E-state index in [2.05, 4.69) is 10.3 Å². The van der Waals surface area contributed by atoms with Crippen LogP contribution in [-0.2, 0) is 16.1 Å². The molecule has 25 heavy (non-hydrogen) atoms. The largest absolute Gasteiger partial charge is 0.476 e. The van der Waals surface area contributed by atoms with Gasteiger partial charge >= 0.3 is 5.97 Å². The number of amides is 1. The third kappa shape index (κ3) is 3.29. The predicted molar refractivity (Wildman–Crippen MR) is 92.4 cm³/mol. The first-order valence-electron chi connectivity index (χ1n) is 8.31. The number of nitrogens with zero attached hydrogens (tertiary/aromatic N) is 1. The zero-order valence-corrected chi connectivity index (χ0v) is 14.3. The van der Waals surface area contributed by atoms with E-state index in [0.29, 0.717) is 11.6 Å². The second kappa shape index (κ2) is 6.57. The number of nitrogens with one attached hydrogen (secondary N) is 1. The quantitative estimate of drug-likeness (QED) is 0.858. The number of rotatable bonds is 5. The third-order valence-electron chi connectivity index (χ3n) is 4.81. The summed E-state index contributed by atoms with van der Waals surface area (Å²) in [6.45, 7) is 0.442. The SMILES string of the molecule is O=C(O)c1csc(-c2cccc(CNC(=O)C3CC4CCC3O4)c2)n1. The average molecular weight is 358 g/mol. The van der Waals surface area contributed by atoms with Gasteiger partial charge in [-0.15, -0.1) is 11.3 Å². The number of aromatic nitrogens is 1. The number of benzene rings is 1. The summed E-state index contributed by atoms with van der Waals surface area (Å²) in [7, 11) is 0. The molecule has 2 aliphatic heterocycles. The molecule has 0 radical (unpaired) electrons. The van der Waals surface area contributed by atoms with Crippen LogP contribution in [0.3, 0.4) is 0 Å². The Morgan fingerprint density at radius 2 is 2.24 bits per heavy atom. The van der Waals surface area contributed by atoms with Crippen LogP contribution in [0.1, 0.15) is 35.3 Å². The molecule has 3 unspecified atom stereocenters. The van der Waals surface area contributed by atoms with Gasteiger partial charge in [-0.2, -0.15) is 0 Å². The van der Waals surface area contributed by atoms with Crippen LogP contribution in [0, 0.1) is 5.92 Å². The summed E-state index contributed by atoms with van der Waals surface area (Å²) < 4.78 is 5.74. The molecule has 1 aromatic carbocycles. The Morgan fingerprint density at radius 3 is 2.92 bits per heavy atom. The van der Waals surface area contributed by atoms with Crippen LogP contribution in [0.15, 0.2) is 29.6 Å². The zero-order chi connectivity index (χ0) is 17.4. The molecule has 4 rings (SSSR count). The zero-order valence-electron chi connectivity index (χ0n) is 13.5. The van der Waals surface area contributed by atoms with Gasteiger partial charge in [-0.3, -0.25) is 4.79 Å². The fraction of sp³-hybridized carbons (Fsp3) is 0.389. The second-order valence-corrected chi connectivity index (χ2v) is 7.34. The van der Waals surface area contributed by atoms with E-state index in [1.165, 1.54) is 16.7 Å². The number of hydrogen-bond donors (Lipinski definition) is 2. The highest BCUT2D eigenvalue weighted by atomic mass is 32.1. The van der Waals surface area contributed by atoms with Crippen LogP contribution in [-0.4, -0.2) is 34.2 Å². The Labute approximate surface area is 148 Å². The number of aromatic carboxylic acids is 1. The lowest BCUT2D eigenvalue weighted by molar-refractivity contribution is -0.126. The highest BCUT2D eigenvalue weighted by molar-refractivity contribution is 7.13. The number of ether oxygens (including phenoxy) is 1. The van der Waals surface area contributed by atoms with Crippen LogP contribution in [0.4, 0.5) is 0 Å². The van der Waals surface area contributed by atoms with Gasteiger partial charge < -0.3 is 15.2 Å². The summed E-state index contributed by atoms with van der Waals surface area (Å²) >= 11 is 1.30. The fourth-order valence-electron chi connectivity index (χ4n) is 3.55. The Bertz CT molecular complexity index is 819. The van der Waals surface area contributed by atoms with E-state index in [9.17, 15) is 9.59 Å². The van der Waals surface area contributed by atoms with Crippen molar-refractivity contribution < 1.29 is 19.4 Å². The monoisotopic (exact) mass is 358 g/mol. The molecule has 7 heteroatoms. The Morgan fingerprint density at radius 1 is 1.36 bits per heavy atom. The summed E-state index contributed by atoms with van der Waals surface area (Å²) in [6.07, 6.45) is 3.23. The molecule has 3 atom stereocenters. The summed E-state index contributed by atoms with van der Waals surface area (Å²) in [5.74, 6) is -1.00. The first kappa shape index (κ1) is 16.2. The molecule has 2 N–H and O–H groups in total. The molecule has 130 valence electrons. The van der Waals surface area contributed by atoms with Gasteiger partial charge in [0.25, 0.3) is 0 Å². The molecule has 2 bridgehead atoms. The van der Waals surface area contributed by atoms with Crippen LogP contribution in [0.2, 0.25) is 0 Å². The maximum absolute atomic E-state index is 12.4. The standard InChI is InChI=1S/C18H18N2O4S/c21-16(13-7-12-4-5-15(13)24-12)19-8-10-2-1-3-11(6-10)17-20-14(9-25-17)18(22)23/h1-3,6,9,12-13,15H,4-5,7-8H2,(H,19,21)(H,22,23). The maximum Gasteiger partial charge on any atom is 0.355 e. The van der Waals surface area contributed by atoms with Gasteiger partial charge in [0.15, 0.2) is 5.69 Å². The molecule has 0 saturated carbocycles. The maximum atomic E-state index is 12.4. The van der Waals surface area contributed by atoms with Crippen molar-refractivity contribution in [2.75, 3.05) is 0 Å². The molecular weight excluding hydrogens is 340 g/mol. The lowest BCUT2D eigenvalue weighted by atomic mass is 9.88. The van der Waals surface area contributed by atoms with Crippen molar-refractivity contribution in [2.45, 2.75) is 38.0 Å². The average Bonchev–Trinajstić information content (AvgIpc) is 3.35. The van der Waals surface area contributed by atoms with Crippen molar-refractivity contribution in [1.82, 2.24) is 10.3 Å². The van der Waals surface area contributed by atoms with Crippen molar-refractivity contribution in [2.24, 2.45) is 5.92 Å². The summed E-state index contributed by atoms with van der Waals surface area (Å²) in [5, 5.41) is 14.2.